The molecular weight excluding hydrogens is 234 g/mol. The lowest BCUT2D eigenvalue weighted by Gasteiger charge is -2.17. The van der Waals surface area contributed by atoms with Crippen molar-refractivity contribution in [1.82, 2.24) is 4.90 Å². The summed E-state index contributed by atoms with van der Waals surface area (Å²) in [5, 5.41) is 0. The topological polar surface area (TPSA) is 20.3 Å². The van der Waals surface area contributed by atoms with Crippen molar-refractivity contribution in [3.8, 4) is 0 Å². The van der Waals surface area contributed by atoms with Gasteiger partial charge in [0.05, 0.1) is 0 Å². The summed E-state index contributed by atoms with van der Waals surface area (Å²) in [7, 11) is 0. The highest BCUT2D eigenvalue weighted by Gasteiger charge is 2.30. The first-order valence-electron chi connectivity index (χ1n) is 7.50. The van der Waals surface area contributed by atoms with Gasteiger partial charge in [0.25, 0.3) is 0 Å². The molecule has 1 aliphatic rings. The van der Waals surface area contributed by atoms with E-state index in [2.05, 4.69) is 43.0 Å². The smallest absolute Gasteiger partial charge is 0.140 e. The maximum atomic E-state index is 12.3. The van der Waals surface area contributed by atoms with E-state index in [9.17, 15) is 4.79 Å². The van der Waals surface area contributed by atoms with Crippen molar-refractivity contribution < 1.29 is 4.79 Å². The van der Waals surface area contributed by atoms with Gasteiger partial charge in [-0.25, -0.2) is 0 Å². The maximum Gasteiger partial charge on any atom is 0.140 e. The number of hydrogen-bond donors (Lipinski definition) is 0. The quantitative estimate of drug-likeness (QED) is 0.779. The highest BCUT2D eigenvalue weighted by atomic mass is 16.1. The van der Waals surface area contributed by atoms with Crippen LogP contribution in [0.1, 0.15) is 38.7 Å². The van der Waals surface area contributed by atoms with E-state index in [0.717, 1.165) is 38.9 Å². The zero-order chi connectivity index (χ0) is 13.7. The van der Waals surface area contributed by atoms with Crippen LogP contribution in [0, 0.1) is 11.8 Å². The minimum atomic E-state index is 0.242. The van der Waals surface area contributed by atoms with Gasteiger partial charge in [-0.1, -0.05) is 50.6 Å². The monoisotopic (exact) mass is 259 g/mol. The van der Waals surface area contributed by atoms with Gasteiger partial charge in [-0.2, -0.15) is 0 Å². The molecule has 0 amide bonds. The third-order valence-corrected chi connectivity index (χ3v) is 4.13. The molecule has 19 heavy (non-hydrogen) atoms. The summed E-state index contributed by atoms with van der Waals surface area (Å²) in [5.41, 5.74) is 1.34. The van der Waals surface area contributed by atoms with Gasteiger partial charge in [-0.15, -0.1) is 0 Å². The number of ketones is 1. The van der Waals surface area contributed by atoms with Crippen LogP contribution in [0.5, 0.6) is 0 Å². The van der Waals surface area contributed by atoms with Crippen LogP contribution in [0.2, 0.25) is 0 Å². The molecule has 0 spiro atoms. The van der Waals surface area contributed by atoms with E-state index >= 15 is 0 Å². The van der Waals surface area contributed by atoms with Gasteiger partial charge < -0.3 is 0 Å². The summed E-state index contributed by atoms with van der Waals surface area (Å²) in [6, 6.07) is 10.5. The zero-order valence-corrected chi connectivity index (χ0v) is 12.1. The molecule has 1 saturated heterocycles. The molecule has 2 rings (SSSR count). The van der Waals surface area contributed by atoms with Gasteiger partial charge in [0, 0.05) is 24.9 Å². The minimum absolute atomic E-state index is 0.242. The van der Waals surface area contributed by atoms with Gasteiger partial charge in [0.15, 0.2) is 0 Å². The van der Waals surface area contributed by atoms with Gasteiger partial charge in [-0.05, 0) is 24.9 Å². The average molecular weight is 259 g/mol. The number of Topliss-reactive ketones (excluding diaryl/α,β-unsaturated/α-hetero) is 1. The summed E-state index contributed by atoms with van der Waals surface area (Å²) < 4.78 is 0. The molecule has 1 aliphatic heterocycles. The van der Waals surface area contributed by atoms with Gasteiger partial charge >= 0.3 is 0 Å². The lowest BCUT2D eigenvalue weighted by atomic mass is 9.90. The fraction of sp³-hybridized carbons (Fsp3) is 0.588. The molecular formula is C17H25NO. The average Bonchev–Trinajstić information content (AvgIpc) is 2.88. The van der Waals surface area contributed by atoms with Crippen LogP contribution in [0.3, 0.4) is 0 Å². The molecule has 1 unspecified atom stereocenters. The van der Waals surface area contributed by atoms with Crippen LogP contribution in [0.15, 0.2) is 30.3 Å². The van der Waals surface area contributed by atoms with Gasteiger partial charge in [-0.3, -0.25) is 9.69 Å². The second-order valence-corrected chi connectivity index (χ2v) is 5.80. The van der Waals surface area contributed by atoms with E-state index in [1.165, 1.54) is 5.56 Å². The Labute approximate surface area is 116 Å². The molecule has 0 radical (unpaired) electrons. The van der Waals surface area contributed by atoms with E-state index in [0.29, 0.717) is 5.78 Å². The fourth-order valence-corrected chi connectivity index (χ4v) is 3.03. The van der Waals surface area contributed by atoms with E-state index in [1.807, 2.05) is 6.07 Å². The molecule has 1 aromatic rings. The minimum Gasteiger partial charge on any atom is -0.299 e. The van der Waals surface area contributed by atoms with Gasteiger partial charge in [0.1, 0.15) is 5.78 Å². The number of nitrogens with zero attached hydrogens (tertiary/aromatic N) is 1. The second kappa shape index (κ2) is 6.85. The molecule has 104 valence electrons. The van der Waals surface area contributed by atoms with Crippen LogP contribution in [0.25, 0.3) is 0 Å². The Morgan fingerprint density at radius 1 is 1.37 bits per heavy atom. The number of benzene rings is 1. The molecule has 0 aliphatic carbocycles. The van der Waals surface area contributed by atoms with E-state index in [-0.39, 0.29) is 11.8 Å². The third-order valence-electron chi connectivity index (χ3n) is 4.13. The van der Waals surface area contributed by atoms with Crippen LogP contribution in [0.4, 0.5) is 0 Å². The zero-order valence-electron chi connectivity index (χ0n) is 12.1. The number of rotatable bonds is 6. The Kier molecular flexibility index (Phi) is 5.15. The normalized spacial score (nSPS) is 21.5. The molecule has 0 bridgehead atoms. The van der Waals surface area contributed by atoms with Crippen molar-refractivity contribution >= 4 is 5.78 Å². The summed E-state index contributed by atoms with van der Waals surface area (Å²) >= 11 is 0. The first-order chi connectivity index (χ1) is 9.20. The van der Waals surface area contributed by atoms with E-state index in [4.69, 9.17) is 0 Å². The summed E-state index contributed by atoms with van der Waals surface area (Å²) in [4.78, 5) is 14.7. The Bertz CT molecular complexity index is 401. The maximum absolute atomic E-state index is 12.3. The lowest BCUT2D eigenvalue weighted by Crippen LogP contribution is -2.26. The Morgan fingerprint density at radius 3 is 2.79 bits per heavy atom. The molecule has 0 aromatic heterocycles. The van der Waals surface area contributed by atoms with Crippen molar-refractivity contribution in [3.63, 3.8) is 0 Å². The van der Waals surface area contributed by atoms with Crippen molar-refractivity contribution in [2.24, 2.45) is 11.8 Å². The van der Waals surface area contributed by atoms with Crippen LogP contribution >= 0.6 is 0 Å². The number of likely N-dealkylation sites (tertiary alicyclic amines) is 1. The highest BCUT2D eigenvalue weighted by molar-refractivity contribution is 5.83. The molecule has 0 N–H and O–H groups in total. The molecule has 2 heteroatoms. The largest absolute Gasteiger partial charge is 0.299 e. The summed E-state index contributed by atoms with van der Waals surface area (Å²) in [5.74, 6) is 0.995. The third kappa shape index (κ3) is 3.90. The lowest BCUT2D eigenvalue weighted by molar-refractivity contribution is -0.126. The summed E-state index contributed by atoms with van der Waals surface area (Å²) in [6.45, 7) is 7.23. The SMILES string of the molecule is CCCC(C)C(=O)[C@H]1CCN(Cc2ccccc2)C1. The van der Waals surface area contributed by atoms with Crippen LogP contribution in [-0.2, 0) is 11.3 Å². The fourth-order valence-electron chi connectivity index (χ4n) is 3.03. The Morgan fingerprint density at radius 2 is 2.11 bits per heavy atom. The molecule has 1 fully saturated rings. The molecule has 0 saturated carbocycles. The molecule has 1 heterocycles. The van der Waals surface area contributed by atoms with Crippen molar-refractivity contribution in [2.75, 3.05) is 13.1 Å². The van der Waals surface area contributed by atoms with Crippen molar-refractivity contribution in [1.29, 1.82) is 0 Å². The second-order valence-electron chi connectivity index (χ2n) is 5.80. The van der Waals surface area contributed by atoms with Gasteiger partial charge in [0.2, 0.25) is 0 Å². The predicted molar refractivity (Wildman–Crippen MR) is 78.9 cm³/mol. The molecule has 2 nitrogen and oxygen atoms in total. The van der Waals surface area contributed by atoms with E-state index < -0.39 is 0 Å². The molecule has 2 atom stereocenters. The summed E-state index contributed by atoms with van der Waals surface area (Å²) in [6.07, 6.45) is 3.18. The Hall–Kier alpha value is -1.15. The Balaban J connectivity index is 1.84. The standard InChI is InChI=1S/C17H25NO/c1-3-7-14(2)17(19)16-10-11-18(13-16)12-15-8-5-4-6-9-15/h4-6,8-9,14,16H,3,7,10-13H2,1-2H3/t14?,16-/m0/s1. The number of hydrogen-bond acceptors (Lipinski definition) is 2. The van der Waals surface area contributed by atoms with Crippen LogP contribution in [-0.4, -0.2) is 23.8 Å². The highest BCUT2D eigenvalue weighted by Crippen LogP contribution is 2.23. The number of carbonyl (C=O) groups is 1. The number of carbonyl (C=O) groups excluding carboxylic acids is 1. The first-order valence-corrected chi connectivity index (χ1v) is 7.50. The van der Waals surface area contributed by atoms with E-state index in [1.54, 1.807) is 0 Å². The van der Waals surface area contributed by atoms with Crippen molar-refractivity contribution in [3.05, 3.63) is 35.9 Å². The predicted octanol–water partition coefficient (Wildman–Crippen LogP) is 3.51. The first kappa shape index (κ1) is 14.3. The van der Waals surface area contributed by atoms with Crippen LogP contribution < -0.4 is 0 Å². The molecule has 1 aromatic carbocycles. The van der Waals surface area contributed by atoms with Crippen molar-refractivity contribution in [2.45, 2.75) is 39.7 Å².